The number of para-hydroxylation sites is 3. The average Bonchev–Trinajstić information content (AvgIpc) is 3.67. The SMILES string of the molecule is CC1(C)c2cc3ccccc3cc2N2c3cc4c(oc5ccccc54)c4c3B(c3cccc1c32)N(c1cc(-c2ccccc2)cc(-c2ccccc2)c1)c1ccccc1-4. The van der Waals surface area contributed by atoms with Gasteiger partial charge in [0.05, 0.1) is 5.69 Å². The molecule has 276 valence electrons. The Morgan fingerprint density at radius 2 is 1.15 bits per heavy atom. The molecular formula is C55H37BN2O. The third-order valence-corrected chi connectivity index (χ3v) is 13.3. The lowest BCUT2D eigenvalue weighted by Gasteiger charge is -2.50. The first-order valence-corrected chi connectivity index (χ1v) is 20.6. The number of hydrogen-bond acceptors (Lipinski definition) is 3. The number of furan rings is 1. The molecule has 0 N–H and O–H groups in total. The smallest absolute Gasteiger partial charge is 0.333 e. The molecular weight excluding hydrogens is 715 g/mol. The molecule has 0 bridgehead atoms. The van der Waals surface area contributed by atoms with Crippen molar-refractivity contribution in [3.05, 3.63) is 199 Å². The topological polar surface area (TPSA) is 19.6 Å². The summed E-state index contributed by atoms with van der Waals surface area (Å²) < 4.78 is 6.99. The van der Waals surface area contributed by atoms with Crippen molar-refractivity contribution in [3.8, 4) is 33.4 Å². The van der Waals surface area contributed by atoms with Crippen LogP contribution in [0.3, 0.4) is 0 Å². The molecule has 0 atom stereocenters. The van der Waals surface area contributed by atoms with Crippen molar-refractivity contribution in [2.75, 3.05) is 9.71 Å². The maximum Gasteiger partial charge on any atom is 0.333 e. The lowest BCUT2D eigenvalue weighted by molar-refractivity contribution is 0.633. The summed E-state index contributed by atoms with van der Waals surface area (Å²) in [6.45, 7) is 4.67. The fourth-order valence-corrected chi connectivity index (χ4v) is 10.6. The molecule has 0 spiro atoms. The van der Waals surface area contributed by atoms with E-state index >= 15 is 0 Å². The van der Waals surface area contributed by atoms with Crippen molar-refractivity contribution in [2.24, 2.45) is 0 Å². The zero-order chi connectivity index (χ0) is 39.0. The van der Waals surface area contributed by atoms with E-state index in [1.807, 2.05) is 0 Å². The Morgan fingerprint density at radius 1 is 0.492 bits per heavy atom. The molecule has 10 aromatic rings. The Hall–Kier alpha value is -7.30. The van der Waals surface area contributed by atoms with Crippen LogP contribution in [0.1, 0.15) is 25.0 Å². The molecule has 3 nitrogen and oxygen atoms in total. The predicted octanol–water partition coefficient (Wildman–Crippen LogP) is 13.4. The second kappa shape index (κ2) is 11.9. The fraction of sp³-hybridized carbons (Fsp3) is 0.0545. The quantitative estimate of drug-likeness (QED) is 0.168. The molecule has 3 aliphatic heterocycles. The Balaban J connectivity index is 1.18. The van der Waals surface area contributed by atoms with Gasteiger partial charge in [0, 0.05) is 50.1 Å². The highest BCUT2D eigenvalue weighted by atomic mass is 16.3. The highest BCUT2D eigenvalue weighted by Gasteiger charge is 2.50. The average molecular weight is 753 g/mol. The van der Waals surface area contributed by atoms with Crippen LogP contribution < -0.4 is 20.6 Å². The molecule has 4 heterocycles. The molecule has 0 saturated heterocycles. The summed E-state index contributed by atoms with van der Waals surface area (Å²) in [6, 6.07) is 69.4. The summed E-state index contributed by atoms with van der Waals surface area (Å²) >= 11 is 0. The molecule has 0 fully saturated rings. The third kappa shape index (κ3) is 4.49. The number of fused-ring (bicyclic) bond motifs is 11. The van der Waals surface area contributed by atoms with Crippen LogP contribution >= 0.6 is 0 Å². The van der Waals surface area contributed by atoms with Gasteiger partial charge in [-0.3, -0.25) is 0 Å². The Bertz CT molecular complexity index is 3330. The molecule has 13 rings (SSSR count). The maximum atomic E-state index is 6.99. The van der Waals surface area contributed by atoms with E-state index < -0.39 is 0 Å². The van der Waals surface area contributed by atoms with Gasteiger partial charge in [0.25, 0.3) is 0 Å². The van der Waals surface area contributed by atoms with Gasteiger partial charge in [0.1, 0.15) is 11.2 Å². The highest BCUT2D eigenvalue weighted by molar-refractivity contribution is 6.94. The van der Waals surface area contributed by atoms with Gasteiger partial charge in [0.15, 0.2) is 0 Å². The number of hydrogen-bond donors (Lipinski definition) is 0. The minimum absolute atomic E-state index is 0.147. The summed E-state index contributed by atoms with van der Waals surface area (Å²) in [5.41, 5.74) is 20.0. The third-order valence-electron chi connectivity index (χ3n) is 13.3. The first-order valence-electron chi connectivity index (χ1n) is 20.6. The normalized spacial score (nSPS) is 14.3. The second-order valence-corrected chi connectivity index (χ2v) is 16.9. The van der Waals surface area contributed by atoms with E-state index in [-0.39, 0.29) is 12.3 Å². The zero-order valence-corrected chi connectivity index (χ0v) is 32.8. The van der Waals surface area contributed by atoms with Crippen molar-refractivity contribution >= 4 is 78.9 Å². The van der Waals surface area contributed by atoms with Crippen LogP contribution in [0.25, 0.3) is 66.1 Å². The summed E-state index contributed by atoms with van der Waals surface area (Å²) in [6.07, 6.45) is 0. The highest BCUT2D eigenvalue weighted by Crippen LogP contribution is 2.57. The largest absolute Gasteiger partial charge is 0.455 e. The lowest BCUT2D eigenvalue weighted by Crippen LogP contribution is -2.62. The van der Waals surface area contributed by atoms with Crippen LogP contribution in [0.4, 0.5) is 28.4 Å². The van der Waals surface area contributed by atoms with Gasteiger partial charge in [-0.25, -0.2) is 0 Å². The van der Waals surface area contributed by atoms with Gasteiger partial charge in [0.2, 0.25) is 0 Å². The lowest BCUT2D eigenvalue weighted by atomic mass is 9.42. The molecule has 0 saturated carbocycles. The van der Waals surface area contributed by atoms with Crippen molar-refractivity contribution in [1.82, 2.24) is 0 Å². The minimum Gasteiger partial charge on any atom is -0.455 e. The van der Waals surface area contributed by atoms with Gasteiger partial charge in [-0.2, -0.15) is 0 Å². The molecule has 0 unspecified atom stereocenters. The monoisotopic (exact) mass is 752 g/mol. The fourth-order valence-electron chi connectivity index (χ4n) is 10.6. The van der Waals surface area contributed by atoms with Crippen LogP contribution in [0, 0.1) is 0 Å². The van der Waals surface area contributed by atoms with Crippen molar-refractivity contribution < 1.29 is 4.42 Å². The van der Waals surface area contributed by atoms with E-state index in [4.69, 9.17) is 4.42 Å². The van der Waals surface area contributed by atoms with Crippen LogP contribution in [0.5, 0.6) is 0 Å². The van der Waals surface area contributed by atoms with Crippen molar-refractivity contribution in [3.63, 3.8) is 0 Å². The van der Waals surface area contributed by atoms with Gasteiger partial charge in [-0.05, 0) is 104 Å². The molecule has 9 aromatic carbocycles. The summed E-state index contributed by atoms with van der Waals surface area (Å²) in [4.78, 5) is 5.24. The van der Waals surface area contributed by atoms with Crippen molar-refractivity contribution in [2.45, 2.75) is 19.3 Å². The maximum absolute atomic E-state index is 6.99. The molecule has 4 heteroatoms. The van der Waals surface area contributed by atoms with Crippen LogP contribution in [-0.2, 0) is 5.41 Å². The standard InChI is InChI=1S/C55H37BN2O/c1-55(2)44-24-15-25-46-53(44)57(48-32-37-21-10-9-20-36(37)31-45(48)55)49-33-43-41-22-12-14-27-50(41)59-54(43)51-42-23-11-13-26-47(42)58(56(46)52(49)51)40-29-38(34-16-5-3-6-17-34)28-39(30-40)35-18-7-4-8-19-35/h3-33H,1-2H3. The summed E-state index contributed by atoms with van der Waals surface area (Å²) in [7, 11) is 0. The van der Waals surface area contributed by atoms with Gasteiger partial charge in [-0.1, -0.05) is 153 Å². The van der Waals surface area contributed by atoms with E-state index in [1.165, 1.54) is 89.0 Å². The van der Waals surface area contributed by atoms with Gasteiger partial charge >= 0.3 is 6.85 Å². The van der Waals surface area contributed by atoms with Gasteiger partial charge in [-0.15, -0.1) is 0 Å². The predicted molar refractivity (Wildman–Crippen MR) is 248 cm³/mol. The summed E-state index contributed by atoms with van der Waals surface area (Å²) in [5.74, 6) is 0. The van der Waals surface area contributed by atoms with Crippen LogP contribution in [-0.4, -0.2) is 6.85 Å². The number of benzene rings is 9. The van der Waals surface area contributed by atoms with E-state index in [0.717, 1.165) is 27.6 Å². The van der Waals surface area contributed by atoms with E-state index in [2.05, 4.69) is 212 Å². The Kier molecular flexibility index (Phi) is 6.59. The molecule has 59 heavy (non-hydrogen) atoms. The van der Waals surface area contributed by atoms with Crippen LogP contribution in [0.15, 0.2) is 192 Å². The van der Waals surface area contributed by atoms with Gasteiger partial charge < -0.3 is 14.1 Å². The molecule has 1 aromatic heterocycles. The van der Waals surface area contributed by atoms with E-state index in [9.17, 15) is 0 Å². The first-order chi connectivity index (χ1) is 29.0. The first kappa shape index (κ1) is 32.8. The molecule has 3 aliphatic rings. The number of nitrogens with zero attached hydrogens (tertiary/aromatic N) is 2. The zero-order valence-electron chi connectivity index (χ0n) is 32.8. The number of rotatable bonds is 3. The molecule has 0 amide bonds. The van der Waals surface area contributed by atoms with Crippen LogP contribution in [0.2, 0.25) is 0 Å². The van der Waals surface area contributed by atoms with E-state index in [0.29, 0.717) is 0 Å². The van der Waals surface area contributed by atoms with Crippen molar-refractivity contribution in [1.29, 1.82) is 0 Å². The Morgan fingerprint density at radius 3 is 1.92 bits per heavy atom. The molecule has 0 aliphatic carbocycles. The summed E-state index contributed by atoms with van der Waals surface area (Å²) in [5, 5.41) is 4.78. The second-order valence-electron chi connectivity index (χ2n) is 16.9. The minimum atomic E-state index is -0.251. The van der Waals surface area contributed by atoms with E-state index in [1.54, 1.807) is 0 Å². The molecule has 0 radical (unpaired) electrons. The number of anilines is 5. The Labute approximate surface area is 343 Å².